The highest BCUT2D eigenvalue weighted by Crippen LogP contribution is 2.13. The van der Waals surface area contributed by atoms with Crippen molar-refractivity contribution in [3.8, 4) is 0 Å². The van der Waals surface area contributed by atoms with Gasteiger partial charge < -0.3 is 4.74 Å². The molecule has 0 saturated carbocycles. The maximum absolute atomic E-state index is 11.7. The van der Waals surface area contributed by atoms with E-state index in [-0.39, 0.29) is 12.3 Å². The third-order valence-corrected chi connectivity index (χ3v) is 3.20. The molecule has 1 unspecified atom stereocenters. The minimum Gasteiger partial charge on any atom is -0.430 e. The van der Waals surface area contributed by atoms with Crippen LogP contribution in [0.5, 0.6) is 0 Å². The summed E-state index contributed by atoms with van der Waals surface area (Å²) in [6.07, 6.45) is 3.11. The van der Waals surface area contributed by atoms with Crippen molar-refractivity contribution in [3.63, 3.8) is 0 Å². The zero-order valence-electron chi connectivity index (χ0n) is 10.8. The molecule has 0 radical (unpaired) electrons. The summed E-state index contributed by atoms with van der Waals surface area (Å²) in [4.78, 5) is 13.9. The van der Waals surface area contributed by atoms with Crippen LogP contribution in [0.15, 0.2) is 30.3 Å². The van der Waals surface area contributed by atoms with E-state index in [2.05, 4.69) is 10.2 Å². The van der Waals surface area contributed by atoms with Crippen molar-refractivity contribution in [2.75, 3.05) is 18.4 Å². The van der Waals surface area contributed by atoms with E-state index in [0.29, 0.717) is 0 Å². The van der Waals surface area contributed by atoms with Crippen LogP contribution in [-0.4, -0.2) is 30.3 Å². The Labute approximate surface area is 108 Å². The molecule has 1 aliphatic rings. The van der Waals surface area contributed by atoms with Crippen LogP contribution in [0.1, 0.15) is 26.2 Å². The lowest BCUT2D eigenvalue weighted by molar-refractivity contribution is -0.00459. The minimum absolute atomic E-state index is 0.158. The quantitative estimate of drug-likeness (QED) is 0.893. The molecule has 1 aliphatic heterocycles. The maximum atomic E-state index is 11.7. The molecular weight excluding hydrogens is 228 g/mol. The largest absolute Gasteiger partial charge is 0.430 e. The number of likely N-dealkylation sites (tertiary alicyclic amines) is 1. The number of nitrogens with zero attached hydrogens (tertiary/aromatic N) is 1. The van der Waals surface area contributed by atoms with Crippen LogP contribution in [0.3, 0.4) is 0 Å². The normalized spacial score (nSPS) is 18.1. The molecule has 1 atom stereocenters. The lowest BCUT2D eigenvalue weighted by atomic mass is 10.1. The van der Waals surface area contributed by atoms with Gasteiger partial charge in [-0.1, -0.05) is 24.6 Å². The van der Waals surface area contributed by atoms with Gasteiger partial charge >= 0.3 is 6.09 Å². The van der Waals surface area contributed by atoms with E-state index in [4.69, 9.17) is 4.74 Å². The number of para-hydroxylation sites is 1. The molecule has 1 aromatic carbocycles. The fourth-order valence-corrected chi connectivity index (χ4v) is 2.18. The SMILES string of the molecule is CC(OC(=O)Nc1ccccc1)N1CCCCC1. The Morgan fingerprint density at radius 1 is 1.22 bits per heavy atom. The molecule has 0 spiro atoms. The molecule has 1 amide bonds. The van der Waals surface area contributed by atoms with Gasteiger partial charge in [0.25, 0.3) is 0 Å². The Bertz CT molecular complexity index is 375. The number of hydrogen-bond acceptors (Lipinski definition) is 3. The Hall–Kier alpha value is -1.55. The van der Waals surface area contributed by atoms with Crippen molar-refractivity contribution in [2.45, 2.75) is 32.4 Å². The molecule has 1 saturated heterocycles. The number of anilines is 1. The molecule has 0 aromatic heterocycles. The van der Waals surface area contributed by atoms with Crippen LogP contribution in [0, 0.1) is 0 Å². The smallest absolute Gasteiger partial charge is 0.413 e. The van der Waals surface area contributed by atoms with Crippen molar-refractivity contribution < 1.29 is 9.53 Å². The van der Waals surface area contributed by atoms with Gasteiger partial charge in [0.1, 0.15) is 0 Å². The summed E-state index contributed by atoms with van der Waals surface area (Å²) in [6.45, 7) is 3.95. The first-order valence-corrected chi connectivity index (χ1v) is 6.52. The van der Waals surface area contributed by atoms with Crippen molar-refractivity contribution in [1.29, 1.82) is 0 Å². The van der Waals surface area contributed by atoms with Gasteiger partial charge in [-0.2, -0.15) is 0 Å². The summed E-state index contributed by atoms with van der Waals surface area (Å²) < 4.78 is 5.37. The van der Waals surface area contributed by atoms with Gasteiger partial charge in [0.15, 0.2) is 6.23 Å². The molecule has 0 bridgehead atoms. The molecule has 1 aromatic rings. The number of piperidine rings is 1. The number of amides is 1. The van der Waals surface area contributed by atoms with Gasteiger partial charge in [-0.3, -0.25) is 10.2 Å². The Morgan fingerprint density at radius 3 is 2.56 bits per heavy atom. The summed E-state index contributed by atoms with van der Waals surface area (Å²) in [5.41, 5.74) is 0.758. The summed E-state index contributed by atoms with van der Waals surface area (Å²) in [6, 6.07) is 9.35. The summed E-state index contributed by atoms with van der Waals surface area (Å²) in [5.74, 6) is 0. The van der Waals surface area contributed by atoms with E-state index in [1.165, 1.54) is 19.3 Å². The second-order valence-electron chi connectivity index (χ2n) is 4.59. The molecule has 1 heterocycles. The van der Waals surface area contributed by atoms with E-state index < -0.39 is 0 Å². The van der Waals surface area contributed by atoms with Crippen LogP contribution in [0.2, 0.25) is 0 Å². The highest BCUT2D eigenvalue weighted by Gasteiger charge is 2.19. The molecule has 18 heavy (non-hydrogen) atoms. The zero-order valence-corrected chi connectivity index (χ0v) is 10.8. The van der Waals surface area contributed by atoms with Crippen molar-refractivity contribution in [2.24, 2.45) is 0 Å². The molecular formula is C14H20N2O2. The first kappa shape index (κ1) is 12.9. The fourth-order valence-electron chi connectivity index (χ4n) is 2.18. The first-order chi connectivity index (χ1) is 8.75. The van der Waals surface area contributed by atoms with Gasteiger partial charge in [0.05, 0.1) is 0 Å². The first-order valence-electron chi connectivity index (χ1n) is 6.52. The van der Waals surface area contributed by atoms with Crippen LogP contribution < -0.4 is 5.32 Å². The van der Waals surface area contributed by atoms with E-state index >= 15 is 0 Å². The molecule has 4 heteroatoms. The highest BCUT2D eigenvalue weighted by molar-refractivity contribution is 5.84. The second-order valence-corrected chi connectivity index (χ2v) is 4.59. The Kier molecular flexibility index (Phi) is 4.59. The van der Waals surface area contributed by atoms with E-state index in [1.54, 1.807) is 0 Å². The van der Waals surface area contributed by atoms with Crippen molar-refractivity contribution >= 4 is 11.8 Å². The number of rotatable bonds is 3. The van der Waals surface area contributed by atoms with Gasteiger partial charge in [0.2, 0.25) is 0 Å². The third kappa shape index (κ3) is 3.74. The number of benzene rings is 1. The molecule has 4 nitrogen and oxygen atoms in total. The standard InChI is InChI=1S/C14H20N2O2/c1-12(16-10-6-3-7-11-16)18-14(17)15-13-8-4-2-5-9-13/h2,4-5,8-9,12H,3,6-7,10-11H2,1H3,(H,15,17). The van der Waals surface area contributed by atoms with Crippen LogP contribution in [0.25, 0.3) is 0 Å². The molecule has 98 valence electrons. The molecule has 1 N–H and O–H groups in total. The maximum Gasteiger partial charge on any atom is 0.413 e. The molecule has 2 rings (SSSR count). The topological polar surface area (TPSA) is 41.6 Å². The van der Waals surface area contributed by atoms with Gasteiger partial charge in [-0.05, 0) is 31.9 Å². The average molecular weight is 248 g/mol. The number of carbonyl (C=O) groups is 1. The minimum atomic E-state index is -0.390. The van der Waals surface area contributed by atoms with Gasteiger partial charge in [0, 0.05) is 18.8 Å². The van der Waals surface area contributed by atoms with E-state index in [0.717, 1.165) is 18.8 Å². The lowest BCUT2D eigenvalue weighted by Gasteiger charge is -2.31. The van der Waals surface area contributed by atoms with Gasteiger partial charge in [-0.15, -0.1) is 0 Å². The lowest BCUT2D eigenvalue weighted by Crippen LogP contribution is -2.40. The third-order valence-electron chi connectivity index (χ3n) is 3.20. The average Bonchev–Trinajstić information content (AvgIpc) is 2.40. The van der Waals surface area contributed by atoms with Gasteiger partial charge in [-0.25, -0.2) is 4.79 Å². The van der Waals surface area contributed by atoms with Crippen LogP contribution >= 0.6 is 0 Å². The summed E-state index contributed by atoms with van der Waals surface area (Å²) in [5, 5.41) is 2.72. The zero-order chi connectivity index (χ0) is 12.8. The number of ether oxygens (including phenoxy) is 1. The second kappa shape index (κ2) is 6.40. The molecule has 0 aliphatic carbocycles. The van der Waals surface area contributed by atoms with Crippen LogP contribution in [0.4, 0.5) is 10.5 Å². The predicted octanol–water partition coefficient (Wildman–Crippen LogP) is 3.07. The Balaban J connectivity index is 1.79. The van der Waals surface area contributed by atoms with E-state index in [1.807, 2.05) is 37.3 Å². The van der Waals surface area contributed by atoms with Crippen molar-refractivity contribution in [1.82, 2.24) is 4.90 Å². The number of nitrogens with one attached hydrogen (secondary N) is 1. The molecule has 1 fully saturated rings. The fraction of sp³-hybridized carbons (Fsp3) is 0.500. The monoisotopic (exact) mass is 248 g/mol. The van der Waals surface area contributed by atoms with Crippen LogP contribution in [-0.2, 0) is 4.74 Å². The number of carbonyl (C=O) groups excluding carboxylic acids is 1. The summed E-state index contributed by atoms with van der Waals surface area (Å²) in [7, 11) is 0. The van der Waals surface area contributed by atoms with E-state index in [9.17, 15) is 4.79 Å². The van der Waals surface area contributed by atoms with Crippen molar-refractivity contribution in [3.05, 3.63) is 30.3 Å². The predicted molar refractivity (Wildman–Crippen MR) is 71.4 cm³/mol. The summed E-state index contributed by atoms with van der Waals surface area (Å²) >= 11 is 0. The Morgan fingerprint density at radius 2 is 1.89 bits per heavy atom. The highest BCUT2D eigenvalue weighted by atomic mass is 16.6. The number of hydrogen-bond donors (Lipinski definition) is 1.